The van der Waals surface area contributed by atoms with Crippen LogP contribution < -0.4 is 0 Å². The van der Waals surface area contributed by atoms with Gasteiger partial charge in [-0.05, 0) is 50.8 Å². The molecule has 1 saturated heterocycles. The molecule has 1 aliphatic rings. The number of Topliss-reactive ketones (excluding diaryl/α,β-unsaturated/α-hetero) is 1. The molecule has 0 aromatic heterocycles. The van der Waals surface area contributed by atoms with E-state index >= 15 is 0 Å². The minimum absolute atomic E-state index is 0.126. The third kappa shape index (κ3) is 7.09. The summed E-state index contributed by atoms with van der Waals surface area (Å²) < 4.78 is 5.72. The third-order valence-corrected chi connectivity index (χ3v) is 7.72. The molecule has 3 aromatic carbocycles. The average molecular weight is 582 g/mol. The van der Waals surface area contributed by atoms with Gasteiger partial charge in [-0.2, -0.15) is 4.79 Å². The molecule has 0 unspecified atom stereocenters. The van der Waals surface area contributed by atoms with E-state index in [9.17, 15) is 25.0 Å². The minimum atomic E-state index is -1.05. The number of ether oxygens (including phenoxy) is 1. The maximum absolute atomic E-state index is 13.2. The summed E-state index contributed by atoms with van der Waals surface area (Å²) >= 11 is 0. The van der Waals surface area contributed by atoms with Crippen molar-refractivity contribution >= 4 is 23.4 Å². The van der Waals surface area contributed by atoms with Crippen molar-refractivity contribution in [2.75, 3.05) is 0 Å². The number of likely N-dealkylation sites (tertiary alicyclic amines) is 1. The van der Waals surface area contributed by atoms with Crippen LogP contribution in [0.2, 0.25) is 0 Å². The molecule has 4 rings (SSSR count). The van der Waals surface area contributed by atoms with Crippen LogP contribution in [0.3, 0.4) is 0 Å². The van der Waals surface area contributed by atoms with Gasteiger partial charge in [-0.25, -0.2) is 4.79 Å². The van der Waals surface area contributed by atoms with E-state index in [1.807, 2.05) is 90.1 Å². The lowest BCUT2D eigenvalue weighted by molar-refractivity contribution is -0.149. The Hall–Kier alpha value is -4.55. The number of phenolic OH excluding ortho intramolecular Hbond substituents is 1. The van der Waals surface area contributed by atoms with Gasteiger partial charge in [0.15, 0.2) is 6.10 Å². The van der Waals surface area contributed by atoms with Gasteiger partial charge < -0.3 is 20.3 Å². The number of hydrogen-bond acceptors (Lipinski definition) is 5. The largest absolute Gasteiger partial charge is 0.507 e. The molecule has 1 amide bonds. The molecule has 224 valence electrons. The fourth-order valence-electron chi connectivity index (χ4n) is 5.31. The smallest absolute Gasteiger partial charge is 0.441 e. The van der Waals surface area contributed by atoms with Gasteiger partial charge >= 0.3 is 11.7 Å². The first-order valence-electron chi connectivity index (χ1n) is 14.4. The number of nitrogens with zero attached hydrogens (tertiary/aromatic N) is 3. The number of β-lactam (4-membered cyclic amide) rings is 1. The van der Waals surface area contributed by atoms with Gasteiger partial charge in [0.05, 0.1) is 0 Å². The molecule has 0 radical (unpaired) electrons. The molecule has 1 heterocycles. The van der Waals surface area contributed by atoms with Gasteiger partial charge in [0.25, 0.3) is 5.78 Å². The summed E-state index contributed by atoms with van der Waals surface area (Å²) in [6.45, 7) is 12.3. The first kappa shape index (κ1) is 31.4. The number of ketones is 1. The van der Waals surface area contributed by atoms with Crippen molar-refractivity contribution in [1.29, 1.82) is 0 Å². The fraction of sp³-hybridized carbons (Fsp3) is 0.371. The number of phenols is 1. The van der Waals surface area contributed by atoms with E-state index in [1.54, 1.807) is 29.2 Å². The molecule has 0 bridgehead atoms. The third-order valence-electron chi connectivity index (χ3n) is 7.72. The molecule has 0 spiro atoms. The maximum atomic E-state index is 13.2. The summed E-state index contributed by atoms with van der Waals surface area (Å²) in [6, 6.07) is 21.5. The van der Waals surface area contributed by atoms with Crippen molar-refractivity contribution in [3.8, 4) is 5.75 Å². The summed E-state index contributed by atoms with van der Waals surface area (Å²) in [7, 11) is 0. The van der Waals surface area contributed by atoms with E-state index < -0.39 is 29.6 Å². The lowest BCUT2D eigenvalue weighted by Gasteiger charge is -2.40. The Kier molecular flexibility index (Phi) is 9.02. The number of esters is 1. The lowest BCUT2D eigenvalue weighted by atomic mass is 9.78. The zero-order valence-corrected chi connectivity index (χ0v) is 25.6. The first-order chi connectivity index (χ1) is 20.2. The number of benzene rings is 3. The summed E-state index contributed by atoms with van der Waals surface area (Å²) in [4.78, 5) is 43.7. The quantitative estimate of drug-likeness (QED) is 0.0824. The van der Waals surface area contributed by atoms with Crippen molar-refractivity contribution in [2.45, 2.75) is 83.9 Å². The summed E-state index contributed by atoms with van der Waals surface area (Å²) in [5.41, 5.74) is 12.1. The highest BCUT2D eigenvalue weighted by Gasteiger charge is 2.42. The van der Waals surface area contributed by atoms with E-state index in [2.05, 4.69) is 4.79 Å². The molecule has 8 heteroatoms. The van der Waals surface area contributed by atoms with Crippen LogP contribution in [0.15, 0.2) is 72.8 Å². The SMILES string of the molecule is CC(C)(C)c1cc(CN2C(=O)C[C@H]2CC(=O)C(=[N+]=[N-])C(=O)OC(c2ccccc2)c2ccccc2)cc(C(C)(C)C)c1O. The number of carbonyl (C=O) groups is 3. The Morgan fingerprint density at radius 2 is 1.42 bits per heavy atom. The molecule has 1 atom stereocenters. The molecule has 1 aliphatic heterocycles. The second kappa shape index (κ2) is 12.4. The zero-order valence-electron chi connectivity index (χ0n) is 25.6. The first-order valence-corrected chi connectivity index (χ1v) is 14.4. The summed E-state index contributed by atoms with van der Waals surface area (Å²) in [5.74, 6) is -1.65. The average Bonchev–Trinajstić information content (AvgIpc) is 2.95. The predicted molar refractivity (Wildman–Crippen MR) is 164 cm³/mol. The molecule has 1 N–H and O–H groups in total. The van der Waals surface area contributed by atoms with Gasteiger partial charge in [0.2, 0.25) is 5.91 Å². The van der Waals surface area contributed by atoms with Crippen LogP contribution in [0.4, 0.5) is 0 Å². The van der Waals surface area contributed by atoms with Gasteiger partial charge in [-0.15, -0.1) is 0 Å². The van der Waals surface area contributed by atoms with E-state index in [0.717, 1.165) is 16.7 Å². The number of amides is 1. The van der Waals surface area contributed by atoms with Gasteiger partial charge in [0, 0.05) is 25.4 Å². The second-order valence-corrected chi connectivity index (χ2v) is 13.1. The lowest BCUT2D eigenvalue weighted by Crippen LogP contribution is -2.53. The molecular weight excluding hydrogens is 542 g/mol. The van der Waals surface area contributed by atoms with Crippen LogP contribution in [0.5, 0.6) is 5.75 Å². The highest BCUT2D eigenvalue weighted by molar-refractivity contribution is 6.62. The molecular formula is C35H39N3O5. The Morgan fingerprint density at radius 3 is 1.84 bits per heavy atom. The van der Waals surface area contributed by atoms with Crippen molar-refractivity contribution in [3.05, 3.63) is 106 Å². The van der Waals surface area contributed by atoms with Crippen molar-refractivity contribution in [1.82, 2.24) is 4.90 Å². The predicted octanol–water partition coefficient (Wildman–Crippen LogP) is 6.05. The van der Waals surface area contributed by atoms with Crippen LogP contribution in [0.1, 0.15) is 88.3 Å². The van der Waals surface area contributed by atoms with Crippen LogP contribution in [0.25, 0.3) is 5.53 Å². The van der Waals surface area contributed by atoms with E-state index in [4.69, 9.17) is 4.74 Å². The van der Waals surface area contributed by atoms with Gasteiger partial charge in [-0.1, -0.05) is 102 Å². The molecule has 1 fully saturated rings. The number of carbonyl (C=O) groups excluding carboxylic acids is 3. The Labute approximate surface area is 252 Å². The Bertz CT molecular complexity index is 1490. The molecule has 3 aromatic rings. The van der Waals surface area contributed by atoms with Gasteiger partial charge in [0.1, 0.15) is 5.75 Å². The molecule has 0 aliphatic carbocycles. The normalized spacial score (nSPS) is 15.1. The fourth-order valence-corrected chi connectivity index (χ4v) is 5.31. The van der Waals surface area contributed by atoms with E-state index in [-0.39, 0.29) is 41.9 Å². The molecule has 0 saturated carbocycles. The summed E-state index contributed by atoms with van der Waals surface area (Å²) in [5, 5.41) is 11.1. The van der Waals surface area contributed by atoms with Crippen LogP contribution >= 0.6 is 0 Å². The molecule has 43 heavy (non-hydrogen) atoms. The van der Waals surface area contributed by atoms with Crippen molar-refractivity contribution in [3.63, 3.8) is 0 Å². The number of aromatic hydroxyl groups is 1. The number of hydrogen-bond donors (Lipinski definition) is 1. The Morgan fingerprint density at radius 1 is 0.930 bits per heavy atom. The van der Waals surface area contributed by atoms with Crippen LogP contribution in [-0.4, -0.2) is 44.2 Å². The number of rotatable bonds is 9. The highest BCUT2D eigenvalue weighted by atomic mass is 16.5. The molecule has 8 nitrogen and oxygen atoms in total. The topological polar surface area (TPSA) is 120 Å². The van der Waals surface area contributed by atoms with Gasteiger partial charge in [-0.3, -0.25) is 9.59 Å². The van der Waals surface area contributed by atoms with Crippen LogP contribution in [0, 0.1) is 0 Å². The second-order valence-electron chi connectivity index (χ2n) is 13.1. The van der Waals surface area contributed by atoms with Crippen molar-refractivity contribution < 1.29 is 29.0 Å². The van der Waals surface area contributed by atoms with E-state index in [0.29, 0.717) is 11.1 Å². The summed E-state index contributed by atoms with van der Waals surface area (Å²) in [6.07, 6.45) is -0.880. The van der Waals surface area contributed by atoms with Crippen LogP contribution in [-0.2, 0) is 36.5 Å². The highest BCUT2D eigenvalue weighted by Crippen LogP contribution is 2.40. The zero-order chi connectivity index (χ0) is 31.5. The van der Waals surface area contributed by atoms with E-state index in [1.165, 1.54) is 0 Å². The van der Waals surface area contributed by atoms with Crippen molar-refractivity contribution in [2.24, 2.45) is 0 Å². The standard InChI is InChI=1S/C35H39N3O5/c1-34(2,3)26-17-22(18-27(31(26)41)35(4,5)6)21-38-25(20-29(38)40)19-28(39)30(37-36)33(42)43-32(23-13-9-7-10-14-23)24-15-11-8-12-16-24/h7-18,25,32,41H,19-21H2,1-6H3/t25-/m1/s1. The monoisotopic (exact) mass is 581 g/mol. The maximum Gasteiger partial charge on any atom is 0.441 e. The minimum Gasteiger partial charge on any atom is -0.507 e. The Balaban J connectivity index is 1.52.